The van der Waals surface area contributed by atoms with Gasteiger partial charge in [-0.1, -0.05) is 42.5 Å². The van der Waals surface area contributed by atoms with Crippen molar-refractivity contribution in [2.75, 3.05) is 17.1 Å². The molecule has 0 fully saturated rings. The quantitative estimate of drug-likeness (QED) is 0.615. The summed E-state index contributed by atoms with van der Waals surface area (Å²) in [6.45, 7) is 2.50. The number of carbonyl (C=O) groups excluding carboxylic acids is 1. The maximum atomic E-state index is 12.6. The third kappa shape index (κ3) is 5.45. The lowest BCUT2D eigenvalue weighted by Gasteiger charge is -2.23. The fourth-order valence-electron chi connectivity index (χ4n) is 3.07. The Morgan fingerprint density at radius 3 is 2.45 bits per heavy atom. The van der Waals surface area contributed by atoms with E-state index < -0.39 is 10.0 Å². The van der Waals surface area contributed by atoms with Crippen LogP contribution in [0.1, 0.15) is 16.7 Å². The van der Waals surface area contributed by atoms with E-state index in [1.165, 1.54) is 0 Å². The Morgan fingerprint density at radius 2 is 1.79 bits per heavy atom. The SMILES string of the molecule is Cc1ccccc1N(CC(=O)NCc1ccccc1Cn1ccnc1)S(C)(=O)=O. The van der Waals surface area contributed by atoms with Crippen LogP contribution < -0.4 is 9.62 Å². The van der Waals surface area contributed by atoms with Crippen LogP contribution in [-0.4, -0.2) is 36.7 Å². The zero-order valence-electron chi connectivity index (χ0n) is 16.4. The first-order valence-corrected chi connectivity index (χ1v) is 11.0. The molecule has 29 heavy (non-hydrogen) atoms. The molecule has 3 rings (SSSR count). The Bertz CT molecular complexity index is 1080. The number of imidazole rings is 1. The molecule has 0 saturated carbocycles. The minimum Gasteiger partial charge on any atom is -0.350 e. The van der Waals surface area contributed by atoms with Crippen LogP contribution in [0.2, 0.25) is 0 Å². The molecule has 0 atom stereocenters. The summed E-state index contributed by atoms with van der Waals surface area (Å²) in [6.07, 6.45) is 6.44. The Balaban J connectivity index is 1.70. The molecule has 152 valence electrons. The number of hydrogen-bond donors (Lipinski definition) is 1. The number of rotatable bonds is 8. The third-order valence-electron chi connectivity index (χ3n) is 4.58. The van der Waals surface area contributed by atoms with Crippen LogP contribution in [0.3, 0.4) is 0 Å². The summed E-state index contributed by atoms with van der Waals surface area (Å²) >= 11 is 0. The summed E-state index contributed by atoms with van der Waals surface area (Å²) in [4.78, 5) is 16.6. The molecule has 0 aliphatic carbocycles. The monoisotopic (exact) mass is 412 g/mol. The van der Waals surface area contributed by atoms with Gasteiger partial charge in [0.25, 0.3) is 0 Å². The number of hydrogen-bond acceptors (Lipinski definition) is 4. The highest BCUT2D eigenvalue weighted by Crippen LogP contribution is 2.21. The van der Waals surface area contributed by atoms with E-state index in [1.807, 2.05) is 54.1 Å². The fraction of sp³-hybridized carbons (Fsp3) is 0.238. The van der Waals surface area contributed by atoms with Crippen molar-refractivity contribution in [3.05, 3.63) is 83.9 Å². The number of amides is 1. The number of carbonyl (C=O) groups is 1. The van der Waals surface area contributed by atoms with Gasteiger partial charge in [-0.3, -0.25) is 9.10 Å². The molecule has 8 heteroatoms. The van der Waals surface area contributed by atoms with E-state index in [-0.39, 0.29) is 12.5 Å². The lowest BCUT2D eigenvalue weighted by molar-refractivity contribution is -0.119. The van der Waals surface area contributed by atoms with Crippen LogP contribution in [0.25, 0.3) is 0 Å². The second-order valence-corrected chi connectivity index (χ2v) is 8.74. The van der Waals surface area contributed by atoms with Crippen LogP contribution in [0, 0.1) is 6.92 Å². The van der Waals surface area contributed by atoms with E-state index in [0.717, 1.165) is 27.3 Å². The van der Waals surface area contributed by atoms with Gasteiger partial charge in [0.05, 0.1) is 18.3 Å². The molecule has 1 heterocycles. The zero-order chi connectivity index (χ0) is 20.9. The van der Waals surface area contributed by atoms with E-state index in [0.29, 0.717) is 18.8 Å². The molecule has 7 nitrogen and oxygen atoms in total. The summed E-state index contributed by atoms with van der Waals surface area (Å²) < 4.78 is 27.6. The van der Waals surface area contributed by atoms with Crippen LogP contribution in [0.5, 0.6) is 0 Å². The van der Waals surface area contributed by atoms with Crippen molar-refractivity contribution >= 4 is 21.6 Å². The van der Waals surface area contributed by atoms with Gasteiger partial charge in [-0.25, -0.2) is 13.4 Å². The van der Waals surface area contributed by atoms with E-state index >= 15 is 0 Å². The van der Waals surface area contributed by atoms with Gasteiger partial charge in [-0.15, -0.1) is 0 Å². The lowest BCUT2D eigenvalue weighted by Crippen LogP contribution is -2.40. The van der Waals surface area contributed by atoms with Crippen molar-refractivity contribution in [1.82, 2.24) is 14.9 Å². The molecule has 0 radical (unpaired) electrons. The van der Waals surface area contributed by atoms with Crippen molar-refractivity contribution in [2.24, 2.45) is 0 Å². The van der Waals surface area contributed by atoms with Gasteiger partial charge in [-0.05, 0) is 29.7 Å². The minimum atomic E-state index is -3.60. The molecular formula is C21H24N4O3S. The van der Waals surface area contributed by atoms with Gasteiger partial charge in [-0.2, -0.15) is 0 Å². The maximum Gasteiger partial charge on any atom is 0.241 e. The van der Waals surface area contributed by atoms with Gasteiger partial charge in [0.2, 0.25) is 15.9 Å². The first-order valence-electron chi connectivity index (χ1n) is 9.17. The van der Waals surface area contributed by atoms with Gasteiger partial charge in [0, 0.05) is 25.5 Å². The number of para-hydroxylation sites is 1. The Labute approximate surface area is 171 Å². The second kappa shape index (κ2) is 8.91. The lowest BCUT2D eigenvalue weighted by atomic mass is 10.1. The zero-order valence-corrected chi connectivity index (χ0v) is 17.3. The fourth-order valence-corrected chi connectivity index (χ4v) is 3.98. The number of benzene rings is 2. The van der Waals surface area contributed by atoms with Gasteiger partial charge in [0.1, 0.15) is 6.54 Å². The highest BCUT2D eigenvalue weighted by Gasteiger charge is 2.22. The topological polar surface area (TPSA) is 84.3 Å². The normalized spacial score (nSPS) is 11.2. The molecule has 2 aromatic carbocycles. The molecule has 0 bridgehead atoms. The highest BCUT2D eigenvalue weighted by molar-refractivity contribution is 7.92. The number of sulfonamides is 1. The molecule has 0 unspecified atom stereocenters. The van der Waals surface area contributed by atoms with Crippen molar-refractivity contribution in [2.45, 2.75) is 20.0 Å². The molecule has 1 amide bonds. The largest absolute Gasteiger partial charge is 0.350 e. The number of anilines is 1. The van der Waals surface area contributed by atoms with Gasteiger partial charge in [0.15, 0.2) is 0 Å². The first kappa shape index (κ1) is 20.6. The van der Waals surface area contributed by atoms with E-state index in [1.54, 1.807) is 24.7 Å². The number of aryl methyl sites for hydroxylation is 1. The van der Waals surface area contributed by atoms with Crippen molar-refractivity contribution in [1.29, 1.82) is 0 Å². The van der Waals surface area contributed by atoms with E-state index in [4.69, 9.17) is 0 Å². The number of aromatic nitrogens is 2. The van der Waals surface area contributed by atoms with Crippen molar-refractivity contribution in [3.8, 4) is 0 Å². The maximum absolute atomic E-state index is 12.6. The van der Waals surface area contributed by atoms with E-state index in [2.05, 4.69) is 10.3 Å². The summed E-state index contributed by atoms with van der Waals surface area (Å²) in [7, 11) is -3.60. The molecule has 1 aromatic heterocycles. The van der Waals surface area contributed by atoms with Gasteiger partial charge < -0.3 is 9.88 Å². The standard InChI is InChI=1S/C21H24N4O3S/c1-17-7-3-6-10-20(17)25(29(2,27)28)15-21(26)23-13-18-8-4-5-9-19(18)14-24-12-11-22-16-24/h3-12,16H,13-15H2,1-2H3,(H,23,26). The highest BCUT2D eigenvalue weighted by atomic mass is 32.2. The predicted octanol–water partition coefficient (Wildman–Crippen LogP) is 2.32. The predicted molar refractivity (Wildman–Crippen MR) is 113 cm³/mol. The van der Waals surface area contributed by atoms with Crippen LogP contribution in [-0.2, 0) is 27.9 Å². The molecule has 3 aromatic rings. The number of nitrogens with one attached hydrogen (secondary N) is 1. The van der Waals surface area contributed by atoms with Crippen molar-refractivity contribution in [3.63, 3.8) is 0 Å². The summed E-state index contributed by atoms with van der Waals surface area (Å²) in [6, 6.07) is 14.9. The smallest absolute Gasteiger partial charge is 0.241 e. The Morgan fingerprint density at radius 1 is 1.10 bits per heavy atom. The van der Waals surface area contributed by atoms with Crippen LogP contribution >= 0.6 is 0 Å². The molecule has 0 spiro atoms. The third-order valence-corrected chi connectivity index (χ3v) is 5.70. The summed E-state index contributed by atoms with van der Waals surface area (Å²) in [5.74, 6) is -0.365. The minimum absolute atomic E-state index is 0.270. The average Bonchev–Trinajstić information content (AvgIpc) is 3.18. The van der Waals surface area contributed by atoms with E-state index in [9.17, 15) is 13.2 Å². The second-order valence-electron chi connectivity index (χ2n) is 6.84. The molecular weight excluding hydrogens is 388 g/mol. The Hall–Kier alpha value is -3.13. The molecule has 0 aliphatic rings. The van der Waals surface area contributed by atoms with Gasteiger partial charge >= 0.3 is 0 Å². The summed E-state index contributed by atoms with van der Waals surface area (Å²) in [5.41, 5.74) is 3.32. The van der Waals surface area contributed by atoms with Crippen LogP contribution in [0.4, 0.5) is 5.69 Å². The Kier molecular flexibility index (Phi) is 6.33. The molecule has 1 N–H and O–H groups in total. The molecule has 0 aliphatic heterocycles. The average molecular weight is 413 g/mol. The molecule has 0 saturated heterocycles. The number of nitrogens with zero attached hydrogens (tertiary/aromatic N) is 3. The summed E-state index contributed by atoms with van der Waals surface area (Å²) in [5, 5.41) is 2.84. The van der Waals surface area contributed by atoms with Crippen molar-refractivity contribution < 1.29 is 13.2 Å². The first-order chi connectivity index (χ1) is 13.8. The van der Waals surface area contributed by atoms with Crippen LogP contribution in [0.15, 0.2) is 67.3 Å².